The Morgan fingerprint density at radius 1 is 0.302 bits per heavy atom. The summed E-state index contributed by atoms with van der Waals surface area (Å²) in [5.74, 6) is -0.982. The first-order valence-electron chi connectivity index (χ1n) is 38.9. The Bertz CT molecular complexity index is 7470. The number of para-hydroxylation sites is 3. The van der Waals surface area contributed by atoms with Crippen molar-refractivity contribution < 1.29 is 28.7 Å². The number of imidazole rings is 5. The lowest BCUT2D eigenvalue weighted by Crippen LogP contribution is -2.38. The molecule has 10 aromatic heterocycles. The van der Waals surface area contributed by atoms with E-state index in [1.807, 2.05) is 81.4 Å². The van der Waals surface area contributed by atoms with Gasteiger partial charge in [-0.2, -0.15) is 0 Å². The molecule has 0 aliphatic rings. The lowest BCUT2D eigenvalue weighted by molar-refractivity contribution is -0.119. The van der Waals surface area contributed by atoms with Crippen LogP contribution in [-0.4, -0.2) is 130 Å². The van der Waals surface area contributed by atoms with Crippen LogP contribution < -0.4 is 87.6 Å². The van der Waals surface area contributed by atoms with Crippen molar-refractivity contribution in [1.29, 1.82) is 0 Å². The average Bonchev–Trinajstić information content (AvgIpc) is 1.62. The molecule has 0 fully saturated rings. The van der Waals surface area contributed by atoms with Crippen LogP contribution in [0.25, 0.3) is 55.8 Å². The standard InChI is InChI=1S/C17H18ClN5O3.C17H19N5O4.2C17H19N5O3.C16H17N5O3/c1-9-5-11(18)7-12(6-9)20-15(24)10(2)23-8-19-14-13(23)16(25)22(4)17(26)21(14)3;1-10(15(23)19-11-7-5-6-8-12(11)26-4)22-9-18-14-13(22)16(24)21(3)17(25)20(14)2;1-10-5-7-12(8-6-10)19-15(23)11(2)22-9-18-14-13(22)16(24)21(4)17(25)20(14)3;1-10-6-5-7-12(8-10)19-15(23)11(2)22-9-18-14-13(22)16(24)21(4)17(25)20(14)3;1-10(14(22)18-11-7-5-4-6-8-11)21-9-17-13-12(21)15(23)20(3)16(24)19(13)2/h5-8,10H,1-4H3,(H,20,24);5-10H,1-4H3,(H,19,23);2*5-9,11H,1-4H3,(H,19,23);4-10H,1-3H3,(H,18,22). The maximum absolute atomic E-state index is 12.7. The minimum Gasteiger partial charge on any atom is -0.495 e. The first-order chi connectivity index (χ1) is 59.6. The van der Waals surface area contributed by atoms with Crippen molar-refractivity contribution in [2.24, 2.45) is 70.5 Å². The monoisotopic (exact) mass is 1740 g/mol. The van der Waals surface area contributed by atoms with E-state index >= 15 is 0 Å². The highest BCUT2D eigenvalue weighted by Crippen LogP contribution is 2.27. The first-order valence-corrected chi connectivity index (χ1v) is 39.2. The summed E-state index contributed by atoms with van der Waals surface area (Å²) in [4.78, 5) is 206. The second-order valence-corrected chi connectivity index (χ2v) is 30.2. The largest absolute Gasteiger partial charge is 0.495 e. The molecule has 41 nitrogen and oxygen atoms in total. The van der Waals surface area contributed by atoms with E-state index in [0.29, 0.717) is 39.2 Å². The van der Waals surface area contributed by atoms with Crippen LogP contribution in [0.15, 0.2) is 201 Å². The fourth-order valence-electron chi connectivity index (χ4n) is 13.6. The molecule has 15 rings (SSSR count). The fraction of sp³-hybridized carbons (Fsp3) is 0.286. The van der Waals surface area contributed by atoms with Gasteiger partial charge in [0.1, 0.15) is 36.0 Å². The Labute approximate surface area is 718 Å². The van der Waals surface area contributed by atoms with E-state index in [4.69, 9.17) is 16.3 Å². The van der Waals surface area contributed by atoms with E-state index < -0.39 is 86.5 Å². The zero-order chi connectivity index (χ0) is 92.2. The van der Waals surface area contributed by atoms with Gasteiger partial charge in [-0.05, 0) is 133 Å². The van der Waals surface area contributed by atoms with Crippen LogP contribution in [0.4, 0.5) is 28.4 Å². The zero-order valence-electron chi connectivity index (χ0n) is 72.2. The summed E-state index contributed by atoms with van der Waals surface area (Å²) in [7, 11) is 16.2. The fourth-order valence-corrected chi connectivity index (χ4v) is 13.9. The summed E-state index contributed by atoms with van der Waals surface area (Å²) >= 11 is 6.02. The molecule has 0 radical (unpaired) electrons. The van der Waals surface area contributed by atoms with Crippen molar-refractivity contribution in [2.45, 2.75) is 85.6 Å². The number of nitrogens with zero attached hydrogens (tertiary/aromatic N) is 20. The number of nitrogens with one attached hydrogen (secondary N) is 5. The van der Waals surface area contributed by atoms with Gasteiger partial charge in [0.15, 0.2) is 55.8 Å². The van der Waals surface area contributed by atoms with Gasteiger partial charge in [0, 0.05) is 98.2 Å². The third-order valence-corrected chi connectivity index (χ3v) is 21.4. The van der Waals surface area contributed by atoms with E-state index in [0.717, 1.165) is 39.5 Å². The van der Waals surface area contributed by atoms with Gasteiger partial charge in [0.05, 0.1) is 44.4 Å². The SMILES string of the molecule is CC(C(=O)Nc1ccccc1)n1cnc2c1c(=O)n(C)c(=O)n2C.COc1ccccc1NC(=O)C(C)n1cnc2c1c(=O)n(C)c(=O)n2C.Cc1cc(Cl)cc(NC(=O)C(C)n2cnc3c2c(=O)n(C)c(=O)n3C)c1.Cc1ccc(NC(=O)C(C)n2cnc3c2c(=O)n(C)c(=O)n3C)cc1.Cc1cccc(NC(=O)C(C)n2cnc3c2c(=O)n(C)c(=O)n3C)c1. The molecule has 0 aliphatic heterocycles. The molecule has 5 atom stereocenters. The molecule has 42 heteroatoms. The molecule has 0 saturated heterocycles. The summed E-state index contributed by atoms with van der Waals surface area (Å²) in [5.41, 5.74) is 3.64. The molecule has 0 bridgehead atoms. The smallest absolute Gasteiger partial charge is 0.332 e. The maximum Gasteiger partial charge on any atom is 0.332 e. The van der Waals surface area contributed by atoms with Crippen LogP contribution in [0.1, 0.15) is 81.5 Å². The van der Waals surface area contributed by atoms with Gasteiger partial charge in [-0.25, -0.2) is 48.9 Å². The molecule has 5 unspecified atom stereocenters. The highest BCUT2D eigenvalue weighted by atomic mass is 35.5. The molecule has 5 amide bonds. The Hall–Kier alpha value is -15.7. The highest BCUT2D eigenvalue weighted by Gasteiger charge is 2.29. The summed E-state index contributed by atoms with van der Waals surface area (Å²) in [5, 5.41) is 14.5. The van der Waals surface area contributed by atoms with Gasteiger partial charge >= 0.3 is 28.4 Å². The maximum atomic E-state index is 12.7. The number of aryl methyl sites for hydroxylation is 8. The Morgan fingerprint density at radius 3 is 0.897 bits per heavy atom. The van der Waals surface area contributed by atoms with Gasteiger partial charge in [-0.15, -0.1) is 0 Å². The van der Waals surface area contributed by atoms with Crippen LogP contribution in [0, 0.1) is 20.8 Å². The number of benzene rings is 5. The molecule has 656 valence electrons. The zero-order valence-corrected chi connectivity index (χ0v) is 72.9. The van der Waals surface area contributed by atoms with Crippen molar-refractivity contribution in [3.05, 3.63) is 279 Å². The highest BCUT2D eigenvalue weighted by molar-refractivity contribution is 6.31. The molecule has 0 spiro atoms. The number of rotatable bonds is 16. The second-order valence-electron chi connectivity index (χ2n) is 29.8. The second kappa shape index (κ2) is 37.3. The number of aromatic nitrogens is 20. The van der Waals surface area contributed by atoms with E-state index in [1.165, 1.54) is 141 Å². The molecule has 126 heavy (non-hydrogen) atoms. The molecule has 0 saturated carbocycles. The number of anilines is 5. The summed E-state index contributed by atoms with van der Waals surface area (Å²) in [6, 6.07) is 32.7. The lowest BCUT2D eigenvalue weighted by atomic mass is 10.2. The van der Waals surface area contributed by atoms with Crippen LogP contribution in [0.2, 0.25) is 5.02 Å². The number of fused-ring (bicyclic) bond motifs is 5. The summed E-state index contributed by atoms with van der Waals surface area (Å²) in [6.07, 6.45) is 6.99. The number of carbonyl (C=O) groups is 5. The van der Waals surface area contributed by atoms with Gasteiger partial charge in [0.25, 0.3) is 27.8 Å². The molecule has 5 N–H and O–H groups in total. The summed E-state index contributed by atoms with van der Waals surface area (Å²) in [6.45, 7) is 14.1. The van der Waals surface area contributed by atoms with Gasteiger partial charge < -0.3 is 54.2 Å². The molecule has 15 aromatic rings. The van der Waals surface area contributed by atoms with Crippen LogP contribution in [-0.2, 0) is 94.4 Å². The minimum atomic E-state index is -0.727. The predicted molar refractivity (Wildman–Crippen MR) is 476 cm³/mol. The molecule has 0 aliphatic carbocycles. The Balaban J connectivity index is 0.000000153. The van der Waals surface area contributed by atoms with E-state index in [-0.39, 0.29) is 85.4 Å². The Morgan fingerprint density at radius 2 is 0.579 bits per heavy atom. The number of amides is 5. The minimum absolute atomic E-state index is 0.192. The van der Waals surface area contributed by atoms with Crippen LogP contribution >= 0.6 is 11.6 Å². The van der Waals surface area contributed by atoms with Crippen molar-refractivity contribution in [3.8, 4) is 5.75 Å². The third kappa shape index (κ3) is 18.1. The summed E-state index contributed by atoms with van der Waals surface area (Å²) < 4.78 is 24.0. The Kier molecular flexibility index (Phi) is 27.0. The van der Waals surface area contributed by atoms with E-state index in [2.05, 4.69) is 51.5 Å². The van der Waals surface area contributed by atoms with E-state index in [1.54, 1.807) is 109 Å². The molecular formula is C84H92ClN25O16. The molecular weight excluding hydrogens is 1650 g/mol. The van der Waals surface area contributed by atoms with Crippen molar-refractivity contribution in [2.75, 3.05) is 33.7 Å². The van der Waals surface area contributed by atoms with Crippen molar-refractivity contribution >= 4 is 125 Å². The molecule has 10 heterocycles. The number of hydrogen-bond acceptors (Lipinski definition) is 21. The van der Waals surface area contributed by atoms with Crippen LogP contribution in [0.3, 0.4) is 0 Å². The topological polar surface area (TPSA) is 464 Å². The van der Waals surface area contributed by atoms with E-state index in [9.17, 15) is 71.9 Å². The van der Waals surface area contributed by atoms with Crippen LogP contribution in [0.5, 0.6) is 5.75 Å². The number of ether oxygens (including phenoxy) is 1. The third-order valence-electron chi connectivity index (χ3n) is 21.2. The van der Waals surface area contributed by atoms with Gasteiger partial charge in [0.2, 0.25) is 29.5 Å². The van der Waals surface area contributed by atoms with Gasteiger partial charge in [-0.1, -0.05) is 71.8 Å². The first kappa shape index (κ1) is 91.0. The average molecular weight is 1740 g/mol. The number of halogens is 1. The van der Waals surface area contributed by atoms with Crippen molar-refractivity contribution in [3.63, 3.8) is 0 Å². The number of carbonyl (C=O) groups excluding carboxylic acids is 5. The van der Waals surface area contributed by atoms with Crippen molar-refractivity contribution in [1.82, 2.24) is 93.4 Å². The predicted octanol–water partition coefficient (Wildman–Crippen LogP) is 4.75. The molecule has 5 aromatic carbocycles. The number of methoxy groups -OCH3 is 1. The van der Waals surface area contributed by atoms with Gasteiger partial charge in [-0.3, -0.25) is 93.6 Å². The number of hydrogen-bond donors (Lipinski definition) is 5. The quantitative estimate of drug-likeness (QED) is 0.0870. The lowest BCUT2D eigenvalue weighted by Gasteiger charge is -2.16. The normalized spacial score (nSPS) is 12.3.